The van der Waals surface area contributed by atoms with Crippen LogP contribution in [0.25, 0.3) is 0 Å². The number of hydrogen-bond donors (Lipinski definition) is 3. The molecule has 0 radical (unpaired) electrons. The molecular weight excluding hydrogens is 665 g/mol. The molecule has 0 heterocycles. The minimum Gasteiger partial charge on any atom is -0.463 e. The number of carbonyl (C=O) groups is 2. The molecule has 0 saturated carbocycles. The van der Waals surface area contributed by atoms with Gasteiger partial charge in [0.2, 0.25) is 5.91 Å². The predicted octanol–water partition coefficient (Wildman–Crippen LogP) is 10.8. The number of phosphoric acid groups is 1. The van der Waals surface area contributed by atoms with Gasteiger partial charge in [-0.25, -0.2) is 4.57 Å². The van der Waals surface area contributed by atoms with Gasteiger partial charge in [-0.2, -0.15) is 0 Å². The number of aliphatic hydroxyl groups is 1. The van der Waals surface area contributed by atoms with Crippen molar-refractivity contribution in [3.05, 3.63) is 48.6 Å². The Morgan fingerprint density at radius 3 is 1.63 bits per heavy atom. The zero-order chi connectivity index (χ0) is 37.5. The zero-order valence-electron chi connectivity index (χ0n) is 32.3. The summed E-state index contributed by atoms with van der Waals surface area (Å²) in [5.74, 6) is -0.550. The first kappa shape index (κ1) is 49.0. The Labute approximate surface area is 311 Å². The molecule has 1 amide bonds. The van der Waals surface area contributed by atoms with Crippen molar-refractivity contribution in [2.75, 3.05) is 26.4 Å². The van der Waals surface area contributed by atoms with Crippen LogP contribution in [0.4, 0.5) is 0 Å². The van der Waals surface area contributed by atoms with E-state index in [1.807, 2.05) is 0 Å². The number of unbranched alkanes of at least 4 members (excludes halogenated alkanes) is 16. The van der Waals surface area contributed by atoms with E-state index in [2.05, 4.69) is 67.8 Å². The topological polar surface area (TPSA) is 131 Å². The molecule has 0 aromatic rings. The van der Waals surface area contributed by atoms with Gasteiger partial charge < -0.3 is 20.1 Å². The average Bonchev–Trinajstić information content (AvgIpc) is 3.11. The Morgan fingerprint density at radius 1 is 0.608 bits per heavy atom. The lowest BCUT2D eigenvalue weighted by Crippen LogP contribution is -2.27. The molecule has 0 fully saturated rings. The van der Waals surface area contributed by atoms with Crippen molar-refractivity contribution in [1.29, 1.82) is 0 Å². The van der Waals surface area contributed by atoms with Gasteiger partial charge in [0.1, 0.15) is 12.7 Å². The summed E-state index contributed by atoms with van der Waals surface area (Å²) in [7, 11) is -4.42. The van der Waals surface area contributed by atoms with Crippen LogP contribution in [0.15, 0.2) is 48.6 Å². The molecular formula is C41H74NO8P. The van der Waals surface area contributed by atoms with E-state index in [4.69, 9.17) is 13.8 Å². The smallest absolute Gasteiger partial charge is 0.463 e. The second-order valence-corrected chi connectivity index (χ2v) is 14.7. The quantitative estimate of drug-likeness (QED) is 0.0248. The molecule has 3 N–H and O–H groups in total. The summed E-state index contributed by atoms with van der Waals surface area (Å²) >= 11 is 0. The number of hydrogen-bond acceptors (Lipinski definition) is 7. The van der Waals surface area contributed by atoms with Gasteiger partial charge in [0.15, 0.2) is 0 Å². The number of amides is 1. The van der Waals surface area contributed by atoms with Crippen molar-refractivity contribution < 1.29 is 37.9 Å². The number of phosphoric ester groups is 1. The molecule has 0 aromatic carbocycles. The highest BCUT2D eigenvalue weighted by molar-refractivity contribution is 7.47. The van der Waals surface area contributed by atoms with E-state index in [1.165, 1.54) is 77.0 Å². The van der Waals surface area contributed by atoms with Crippen molar-refractivity contribution in [3.63, 3.8) is 0 Å². The van der Waals surface area contributed by atoms with Gasteiger partial charge in [0, 0.05) is 19.4 Å². The summed E-state index contributed by atoms with van der Waals surface area (Å²) in [5, 5.41) is 12.6. The maximum absolute atomic E-state index is 12.1. The lowest BCUT2D eigenvalue weighted by atomic mass is 10.1. The molecule has 0 aliphatic rings. The minimum atomic E-state index is -4.42. The van der Waals surface area contributed by atoms with Crippen LogP contribution < -0.4 is 5.32 Å². The summed E-state index contributed by atoms with van der Waals surface area (Å²) < 4.78 is 26.8. The lowest BCUT2D eigenvalue weighted by molar-refractivity contribution is -0.147. The number of esters is 1. The third-order valence-corrected chi connectivity index (χ3v) is 9.25. The van der Waals surface area contributed by atoms with Crippen LogP contribution >= 0.6 is 7.82 Å². The van der Waals surface area contributed by atoms with E-state index in [0.29, 0.717) is 6.42 Å². The molecule has 296 valence electrons. The first-order valence-corrected chi connectivity index (χ1v) is 21.6. The molecule has 10 heteroatoms. The summed E-state index contributed by atoms with van der Waals surface area (Å²) in [6, 6.07) is 0. The van der Waals surface area contributed by atoms with Crippen LogP contribution in [-0.2, 0) is 27.9 Å². The van der Waals surface area contributed by atoms with Gasteiger partial charge in [-0.1, -0.05) is 146 Å². The van der Waals surface area contributed by atoms with E-state index in [0.717, 1.165) is 64.2 Å². The van der Waals surface area contributed by atoms with Crippen molar-refractivity contribution in [1.82, 2.24) is 5.32 Å². The normalized spacial score (nSPS) is 13.9. The molecule has 51 heavy (non-hydrogen) atoms. The highest BCUT2D eigenvalue weighted by Gasteiger charge is 2.23. The molecule has 0 aliphatic carbocycles. The summed E-state index contributed by atoms with van der Waals surface area (Å²) in [6.07, 6.45) is 41.8. The fourth-order valence-electron chi connectivity index (χ4n) is 5.19. The number of carbonyl (C=O) groups excluding carboxylic acids is 2. The largest absolute Gasteiger partial charge is 0.472 e. The van der Waals surface area contributed by atoms with Crippen molar-refractivity contribution in [2.24, 2.45) is 0 Å². The Bertz CT molecular complexity index is 981. The molecule has 2 atom stereocenters. The number of allylic oxidation sites excluding steroid dienone is 8. The van der Waals surface area contributed by atoms with Crippen molar-refractivity contribution >= 4 is 19.7 Å². The molecule has 2 unspecified atom stereocenters. The second-order valence-electron chi connectivity index (χ2n) is 13.3. The van der Waals surface area contributed by atoms with Crippen molar-refractivity contribution in [2.45, 2.75) is 174 Å². The van der Waals surface area contributed by atoms with Gasteiger partial charge >= 0.3 is 13.8 Å². The molecule has 0 bridgehead atoms. The molecule has 0 aromatic heterocycles. The molecule has 9 nitrogen and oxygen atoms in total. The molecule has 0 rings (SSSR count). The van der Waals surface area contributed by atoms with Gasteiger partial charge in [0.25, 0.3) is 0 Å². The SMILES string of the molecule is CCCCC/C=C\C/C=C\C/C=C\C/C=C\CCCCCC(=O)NCCOP(=O)(O)OCC(O)COC(=O)CCCCCCCCCCCCC. The van der Waals surface area contributed by atoms with Crippen LogP contribution in [0.2, 0.25) is 0 Å². The van der Waals surface area contributed by atoms with E-state index in [-0.39, 0.29) is 32.1 Å². The first-order valence-electron chi connectivity index (χ1n) is 20.1. The Morgan fingerprint density at radius 2 is 1.06 bits per heavy atom. The highest BCUT2D eigenvalue weighted by Crippen LogP contribution is 2.42. The van der Waals surface area contributed by atoms with Gasteiger partial charge in [-0.05, 0) is 57.8 Å². The van der Waals surface area contributed by atoms with Crippen LogP contribution in [0.1, 0.15) is 168 Å². The van der Waals surface area contributed by atoms with Crippen molar-refractivity contribution in [3.8, 4) is 0 Å². The molecule has 0 spiro atoms. The molecule has 0 aliphatic heterocycles. The maximum Gasteiger partial charge on any atom is 0.472 e. The van der Waals surface area contributed by atoms with Gasteiger partial charge in [0.05, 0.1) is 13.2 Å². The molecule has 0 saturated heterocycles. The second kappa shape index (κ2) is 37.7. The third kappa shape index (κ3) is 39.0. The predicted molar refractivity (Wildman–Crippen MR) is 210 cm³/mol. The lowest BCUT2D eigenvalue weighted by Gasteiger charge is -2.15. The van der Waals surface area contributed by atoms with Crippen LogP contribution in [0.5, 0.6) is 0 Å². The minimum absolute atomic E-state index is 0.0637. The third-order valence-electron chi connectivity index (χ3n) is 8.26. The van der Waals surface area contributed by atoms with E-state index >= 15 is 0 Å². The monoisotopic (exact) mass is 740 g/mol. The Hall–Kier alpha value is -2.03. The van der Waals surface area contributed by atoms with Gasteiger partial charge in [-0.15, -0.1) is 0 Å². The average molecular weight is 740 g/mol. The van der Waals surface area contributed by atoms with Crippen LogP contribution in [-0.4, -0.2) is 54.3 Å². The summed E-state index contributed by atoms with van der Waals surface area (Å²) in [4.78, 5) is 33.8. The van der Waals surface area contributed by atoms with E-state index in [9.17, 15) is 24.2 Å². The van der Waals surface area contributed by atoms with E-state index < -0.39 is 26.5 Å². The Balaban J connectivity index is 3.68. The zero-order valence-corrected chi connectivity index (χ0v) is 33.2. The summed E-state index contributed by atoms with van der Waals surface area (Å²) in [6.45, 7) is 3.46. The number of ether oxygens (including phenoxy) is 1. The number of aliphatic hydroxyl groups excluding tert-OH is 1. The maximum atomic E-state index is 12.1. The fourth-order valence-corrected chi connectivity index (χ4v) is 5.94. The first-order chi connectivity index (χ1) is 24.8. The standard InChI is InChI=1S/C41H74NO8P/c1-3-5-7-9-11-13-15-16-17-18-19-20-21-22-24-25-27-29-31-33-40(44)42-35-36-49-51(46,47)50-38-39(43)37-48-41(45)34-32-30-28-26-23-14-12-10-8-6-4-2/h11,13,16-17,19-20,22,24,39,43H,3-10,12,14-15,18,21,23,25-38H2,1-2H3,(H,42,44)(H,46,47)/b13-11-,17-16-,20-19-,24-22-. The van der Waals surface area contributed by atoms with Gasteiger partial charge in [-0.3, -0.25) is 18.6 Å². The summed E-state index contributed by atoms with van der Waals surface area (Å²) in [5.41, 5.74) is 0. The van der Waals surface area contributed by atoms with Crippen LogP contribution in [0, 0.1) is 0 Å². The highest BCUT2D eigenvalue weighted by atomic mass is 31.2. The van der Waals surface area contributed by atoms with Crippen LogP contribution in [0.3, 0.4) is 0 Å². The number of nitrogens with one attached hydrogen (secondary N) is 1. The van der Waals surface area contributed by atoms with E-state index in [1.54, 1.807) is 0 Å². The number of rotatable bonds is 37. The fraction of sp³-hybridized carbons (Fsp3) is 0.756. The Kier molecular flexibility index (Phi) is 36.2.